The Hall–Kier alpha value is -0.540. The lowest BCUT2D eigenvalue weighted by Crippen LogP contribution is -2.36. The van der Waals surface area contributed by atoms with Crippen molar-refractivity contribution in [1.29, 1.82) is 0 Å². The monoisotopic (exact) mass is 296 g/mol. The summed E-state index contributed by atoms with van der Waals surface area (Å²) in [5, 5.41) is 3.60. The van der Waals surface area contributed by atoms with Crippen LogP contribution in [0.2, 0.25) is 0 Å². The molecule has 17 heavy (non-hydrogen) atoms. The van der Waals surface area contributed by atoms with E-state index < -0.39 is 0 Å². The van der Waals surface area contributed by atoms with E-state index in [-0.39, 0.29) is 0 Å². The fourth-order valence-electron chi connectivity index (χ4n) is 2.40. The van der Waals surface area contributed by atoms with E-state index in [0.29, 0.717) is 6.04 Å². The van der Waals surface area contributed by atoms with Gasteiger partial charge in [-0.05, 0) is 53.9 Å². The van der Waals surface area contributed by atoms with Crippen LogP contribution in [-0.4, -0.2) is 26.2 Å². The molecule has 0 saturated carbocycles. The van der Waals surface area contributed by atoms with Crippen molar-refractivity contribution in [2.45, 2.75) is 31.7 Å². The number of benzene rings is 1. The maximum atomic E-state index is 3.61. The average molecular weight is 297 g/mol. The first-order valence-corrected chi connectivity index (χ1v) is 7.26. The minimum atomic E-state index is 0.716. The highest BCUT2D eigenvalue weighted by molar-refractivity contribution is 9.10. The molecule has 3 heteroatoms. The molecule has 0 radical (unpaired) electrons. The molecule has 94 valence electrons. The van der Waals surface area contributed by atoms with Gasteiger partial charge in [0, 0.05) is 24.1 Å². The number of hydrogen-bond acceptors (Lipinski definition) is 2. The van der Waals surface area contributed by atoms with E-state index in [0.717, 1.165) is 6.54 Å². The highest BCUT2D eigenvalue weighted by Crippen LogP contribution is 2.25. The number of nitrogens with zero attached hydrogens (tertiary/aromatic N) is 1. The molecule has 1 aliphatic heterocycles. The van der Waals surface area contributed by atoms with Gasteiger partial charge in [0.05, 0.1) is 5.69 Å². The minimum Gasteiger partial charge on any atom is -0.374 e. The molecule has 1 unspecified atom stereocenters. The number of piperidine rings is 1. The summed E-state index contributed by atoms with van der Waals surface area (Å²) in [4.78, 5) is 2.33. The maximum absolute atomic E-state index is 3.61. The van der Waals surface area contributed by atoms with Gasteiger partial charge in [0.25, 0.3) is 0 Å². The van der Waals surface area contributed by atoms with Crippen LogP contribution in [0, 0.1) is 0 Å². The van der Waals surface area contributed by atoms with Crippen molar-refractivity contribution < 1.29 is 0 Å². The van der Waals surface area contributed by atoms with E-state index in [9.17, 15) is 0 Å². The molecule has 0 spiro atoms. The van der Waals surface area contributed by atoms with E-state index in [4.69, 9.17) is 0 Å². The predicted molar refractivity (Wildman–Crippen MR) is 77.7 cm³/mol. The van der Waals surface area contributed by atoms with Gasteiger partial charge in [-0.25, -0.2) is 0 Å². The standard InChI is InChI=1S/C14H21BrN2/c1-17(14-8-3-2-7-13(14)15)11-9-12-6-4-5-10-16-12/h2-3,7-8,12,16H,4-6,9-11H2,1H3. The summed E-state index contributed by atoms with van der Waals surface area (Å²) >= 11 is 3.61. The lowest BCUT2D eigenvalue weighted by atomic mass is 10.0. The van der Waals surface area contributed by atoms with E-state index in [1.807, 2.05) is 0 Å². The Morgan fingerprint density at radius 2 is 2.18 bits per heavy atom. The normalized spacial score (nSPS) is 20.2. The first-order chi connectivity index (χ1) is 8.27. The molecule has 0 aromatic heterocycles. The first-order valence-electron chi connectivity index (χ1n) is 6.46. The van der Waals surface area contributed by atoms with Crippen molar-refractivity contribution >= 4 is 21.6 Å². The van der Waals surface area contributed by atoms with Crippen molar-refractivity contribution in [1.82, 2.24) is 5.32 Å². The Kier molecular flexibility index (Phi) is 4.86. The van der Waals surface area contributed by atoms with Gasteiger partial charge in [0.2, 0.25) is 0 Å². The summed E-state index contributed by atoms with van der Waals surface area (Å²) in [5.41, 5.74) is 1.28. The summed E-state index contributed by atoms with van der Waals surface area (Å²) in [7, 11) is 2.17. The van der Waals surface area contributed by atoms with E-state index in [1.54, 1.807) is 0 Å². The van der Waals surface area contributed by atoms with Crippen molar-refractivity contribution in [2.75, 3.05) is 25.0 Å². The minimum absolute atomic E-state index is 0.716. The van der Waals surface area contributed by atoms with E-state index in [1.165, 1.54) is 42.4 Å². The second kappa shape index (κ2) is 6.41. The Labute approximate surface area is 113 Å². The SMILES string of the molecule is CN(CCC1CCCCN1)c1ccccc1Br. The molecular formula is C14H21BrN2. The van der Waals surface area contributed by atoms with Crippen LogP contribution in [0.5, 0.6) is 0 Å². The van der Waals surface area contributed by atoms with Gasteiger partial charge in [-0.1, -0.05) is 18.6 Å². The van der Waals surface area contributed by atoms with Gasteiger partial charge in [0.1, 0.15) is 0 Å². The van der Waals surface area contributed by atoms with Crippen LogP contribution in [0.15, 0.2) is 28.7 Å². The number of halogens is 1. The summed E-state index contributed by atoms with van der Waals surface area (Å²) < 4.78 is 1.18. The number of rotatable bonds is 4. The van der Waals surface area contributed by atoms with E-state index >= 15 is 0 Å². The number of hydrogen-bond donors (Lipinski definition) is 1. The third-order valence-corrected chi connectivity index (χ3v) is 4.16. The van der Waals surface area contributed by atoms with Gasteiger partial charge < -0.3 is 10.2 Å². The van der Waals surface area contributed by atoms with Crippen molar-refractivity contribution in [3.63, 3.8) is 0 Å². The Morgan fingerprint density at radius 3 is 2.88 bits per heavy atom. The molecule has 1 saturated heterocycles. The zero-order valence-electron chi connectivity index (χ0n) is 10.5. The zero-order valence-corrected chi connectivity index (χ0v) is 12.0. The highest BCUT2D eigenvalue weighted by Gasteiger charge is 2.13. The van der Waals surface area contributed by atoms with Gasteiger partial charge in [-0.3, -0.25) is 0 Å². The van der Waals surface area contributed by atoms with Crippen LogP contribution in [0.3, 0.4) is 0 Å². The van der Waals surface area contributed by atoms with Gasteiger partial charge in [0.15, 0.2) is 0 Å². The molecule has 1 aliphatic rings. The van der Waals surface area contributed by atoms with Crippen molar-refractivity contribution in [2.24, 2.45) is 0 Å². The molecule has 0 amide bonds. The molecule has 0 bridgehead atoms. The van der Waals surface area contributed by atoms with Crippen LogP contribution in [0.25, 0.3) is 0 Å². The van der Waals surface area contributed by atoms with E-state index in [2.05, 4.69) is 57.5 Å². The molecule has 1 heterocycles. The molecule has 2 rings (SSSR count). The largest absolute Gasteiger partial charge is 0.374 e. The maximum Gasteiger partial charge on any atom is 0.0508 e. The smallest absolute Gasteiger partial charge is 0.0508 e. The Bertz CT molecular complexity index is 348. The molecular weight excluding hydrogens is 276 g/mol. The Balaban J connectivity index is 1.84. The molecule has 1 aromatic rings. The number of anilines is 1. The van der Waals surface area contributed by atoms with Gasteiger partial charge in [-0.15, -0.1) is 0 Å². The predicted octanol–water partition coefficient (Wildman–Crippen LogP) is 3.42. The number of para-hydroxylation sites is 1. The third kappa shape index (κ3) is 3.71. The van der Waals surface area contributed by atoms with Crippen molar-refractivity contribution in [3.05, 3.63) is 28.7 Å². The molecule has 1 aromatic carbocycles. The lowest BCUT2D eigenvalue weighted by Gasteiger charge is -2.27. The van der Waals surface area contributed by atoms with Crippen LogP contribution in [0.1, 0.15) is 25.7 Å². The first kappa shape index (κ1) is 12.9. The Morgan fingerprint density at radius 1 is 1.35 bits per heavy atom. The third-order valence-electron chi connectivity index (χ3n) is 3.49. The highest BCUT2D eigenvalue weighted by atomic mass is 79.9. The van der Waals surface area contributed by atoms with Crippen LogP contribution in [0.4, 0.5) is 5.69 Å². The lowest BCUT2D eigenvalue weighted by molar-refractivity contribution is 0.384. The molecule has 2 nitrogen and oxygen atoms in total. The summed E-state index contributed by atoms with van der Waals surface area (Å²) in [6.45, 7) is 2.31. The fraction of sp³-hybridized carbons (Fsp3) is 0.571. The summed E-state index contributed by atoms with van der Waals surface area (Å²) in [5.74, 6) is 0. The molecule has 1 fully saturated rings. The average Bonchev–Trinajstić information content (AvgIpc) is 2.38. The molecule has 0 aliphatic carbocycles. The van der Waals surface area contributed by atoms with Crippen LogP contribution < -0.4 is 10.2 Å². The number of nitrogens with one attached hydrogen (secondary N) is 1. The van der Waals surface area contributed by atoms with Gasteiger partial charge >= 0.3 is 0 Å². The van der Waals surface area contributed by atoms with Crippen LogP contribution >= 0.6 is 15.9 Å². The summed E-state index contributed by atoms with van der Waals surface area (Å²) in [6, 6.07) is 9.14. The topological polar surface area (TPSA) is 15.3 Å². The quantitative estimate of drug-likeness (QED) is 0.916. The van der Waals surface area contributed by atoms with Crippen LogP contribution in [-0.2, 0) is 0 Å². The zero-order chi connectivity index (χ0) is 12.1. The second-order valence-corrected chi connectivity index (χ2v) is 5.66. The fourth-order valence-corrected chi connectivity index (χ4v) is 2.99. The second-order valence-electron chi connectivity index (χ2n) is 4.81. The van der Waals surface area contributed by atoms with Gasteiger partial charge in [-0.2, -0.15) is 0 Å². The summed E-state index contributed by atoms with van der Waals surface area (Å²) in [6.07, 6.45) is 5.30. The molecule has 1 atom stereocenters. The molecule has 1 N–H and O–H groups in total. The van der Waals surface area contributed by atoms with Crippen molar-refractivity contribution in [3.8, 4) is 0 Å².